The van der Waals surface area contributed by atoms with Crippen LogP contribution in [0.2, 0.25) is 0 Å². The Morgan fingerprint density at radius 3 is 2.71 bits per heavy atom. The molecule has 1 amide bonds. The summed E-state index contributed by atoms with van der Waals surface area (Å²) in [6.07, 6.45) is 2.04. The molecular formula is C17H22N2O2. The first-order valence-electron chi connectivity index (χ1n) is 7.28. The summed E-state index contributed by atoms with van der Waals surface area (Å²) in [5, 5.41) is 6.17. The third-order valence-corrected chi connectivity index (χ3v) is 3.29. The lowest BCUT2D eigenvalue weighted by atomic mass is 10.0. The molecule has 0 aliphatic heterocycles. The van der Waals surface area contributed by atoms with Crippen LogP contribution < -0.4 is 10.6 Å². The van der Waals surface area contributed by atoms with E-state index in [1.165, 1.54) is 5.56 Å². The second-order valence-electron chi connectivity index (χ2n) is 5.27. The molecule has 1 aromatic heterocycles. The molecule has 0 aliphatic carbocycles. The van der Waals surface area contributed by atoms with Gasteiger partial charge in [0.1, 0.15) is 5.76 Å². The molecule has 0 saturated heterocycles. The Labute approximate surface area is 125 Å². The van der Waals surface area contributed by atoms with Crippen molar-refractivity contribution < 1.29 is 9.21 Å². The highest BCUT2D eigenvalue weighted by atomic mass is 16.3. The maximum Gasteiger partial charge on any atom is 0.222 e. The molecule has 0 saturated carbocycles. The van der Waals surface area contributed by atoms with Crippen molar-refractivity contribution in [3.63, 3.8) is 0 Å². The summed E-state index contributed by atoms with van der Waals surface area (Å²) in [4.78, 5) is 11.8. The van der Waals surface area contributed by atoms with E-state index in [9.17, 15) is 4.79 Å². The van der Waals surface area contributed by atoms with Crippen LogP contribution in [0.1, 0.15) is 37.5 Å². The van der Waals surface area contributed by atoms with Crippen LogP contribution in [0.15, 0.2) is 47.1 Å². The lowest BCUT2D eigenvalue weighted by Gasteiger charge is -2.14. The highest BCUT2D eigenvalue weighted by Crippen LogP contribution is 2.23. The van der Waals surface area contributed by atoms with Crippen molar-refractivity contribution in [2.75, 3.05) is 11.9 Å². The lowest BCUT2D eigenvalue weighted by Crippen LogP contribution is -2.24. The van der Waals surface area contributed by atoms with Gasteiger partial charge in [-0.1, -0.05) is 32.0 Å². The average molecular weight is 286 g/mol. The summed E-state index contributed by atoms with van der Waals surface area (Å²) in [5.74, 6) is 1.24. The Bertz CT molecular complexity index is 562. The molecule has 4 nitrogen and oxygen atoms in total. The van der Waals surface area contributed by atoms with Crippen LogP contribution in [0.25, 0.3) is 0 Å². The molecule has 0 unspecified atom stereocenters. The summed E-state index contributed by atoms with van der Waals surface area (Å²) in [6, 6.07) is 11.9. The number of amides is 1. The molecule has 21 heavy (non-hydrogen) atoms. The minimum atomic E-state index is 0.0147. The molecule has 0 atom stereocenters. The van der Waals surface area contributed by atoms with E-state index in [1.807, 2.05) is 24.3 Å². The van der Waals surface area contributed by atoms with Crippen LogP contribution in [-0.4, -0.2) is 12.5 Å². The predicted octanol–water partition coefficient (Wildman–Crippen LogP) is 3.52. The molecule has 0 spiro atoms. The standard InChI is InChI=1S/C17H22N2O2/c1-13(2)15-7-3-4-8-16(15)18-10-9-17(20)19-12-14-6-5-11-21-14/h3-8,11,13,18H,9-10,12H2,1-2H3,(H,19,20). The van der Waals surface area contributed by atoms with Crippen LogP contribution in [0.3, 0.4) is 0 Å². The van der Waals surface area contributed by atoms with Gasteiger partial charge in [-0.25, -0.2) is 0 Å². The van der Waals surface area contributed by atoms with Crippen LogP contribution in [0.4, 0.5) is 5.69 Å². The fourth-order valence-corrected chi connectivity index (χ4v) is 2.16. The van der Waals surface area contributed by atoms with Gasteiger partial charge in [0.15, 0.2) is 0 Å². The highest BCUT2D eigenvalue weighted by Gasteiger charge is 2.06. The SMILES string of the molecule is CC(C)c1ccccc1NCCC(=O)NCc1ccco1. The van der Waals surface area contributed by atoms with Gasteiger partial charge in [-0.2, -0.15) is 0 Å². The number of rotatable bonds is 7. The van der Waals surface area contributed by atoms with Gasteiger partial charge >= 0.3 is 0 Å². The minimum absolute atomic E-state index is 0.0147. The van der Waals surface area contributed by atoms with Crippen molar-refractivity contribution in [3.8, 4) is 0 Å². The molecule has 4 heteroatoms. The van der Waals surface area contributed by atoms with E-state index in [0.717, 1.165) is 11.4 Å². The van der Waals surface area contributed by atoms with E-state index in [1.54, 1.807) is 6.26 Å². The quantitative estimate of drug-likeness (QED) is 0.818. The first-order chi connectivity index (χ1) is 10.2. The van der Waals surface area contributed by atoms with Crippen molar-refractivity contribution in [3.05, 3.63) is 54.0 Å². The van der Waals surface area contributed by atoms with Crippen molar-refractivity contribution in [1.29, 1.82) is 0 Å². The lowest BCUT2D eigenvalue weighted by molar-refractivity contribution is -0.121. The monoisotopic (exact) mass is 286 g/mol. The molecule has 1 aromatic carbocycles. The number of para-hydroxylation sites is 1. The van der Waals surface area contributed by atoms with Crippen molar-refractivity contribution in [2.45, 2.75) is 32.7 Å². The molecule has 0 bridgehead atoms. The van der Waals surface area contributed by atoms with E-state index in [2.05, 4.69) is 36.6 Å². The molecule has 2 aromatic rings. The summed E-state index contributed by atoms with van der Waals surface area (Å²) < 4.78 is 5.17. The number of nitrogens with one attached hydrogen (secondary N) is 2. The van der Waals surface area contributed by atoms with Gasteiger partial charge < -0.3 is 15.1 Å². The minimum Gasteiger partial charge on any atom is -0.467 e. The van der Waals surface area contributed by atoms with Crippen molar-refractivity contribution >= 4 is 11.6 Å². The smallest absolute Gasteiger partial charge is 0.222 e. The summed E-state index contributed by atoms with van der Waals surface area (Å²) in [5.41, 5.74) is 2.37. The van der Waals surface area contributed by atoms with Crippen LogP contribution in [0.5, 0.6) is 0 Å². The van der Waals surface area contributed by atoms with Crippen LogP contribution >= 0.6 is 0 Å². The molecule has 1 heterocycles. The zero-order chi connectivity index (χ0) is 15.1. The second kappa shape index (κ2) is 7.53. The van der Waals surface area contributed by atoms with E-state index >= 15 is 0 Å². The summed E-state index contributed by atoms with van der Waals surface area (Å²) in [7, 11) is 0. The number of carbonyl (C=O) groups is 1. The molecule has 112 valence electrons. The number of benzene rings is 1. The Balaban J connectivity index is 1.75. The van der Waals surface area contributed by atoms with Crippen molar-refractivity contribution in [1.82, 2.24) is 5.32 Å². The molecular weight excluding hydrogens is 264 g/mol. The molecule has 0 fully saturated rings. The van der Waals surface area contributed by atoms with Crippen LogP contribution in [0, 0.1) is 0 Å². The molecule has 2 rings (SSSR count). The highest BCUT2D eigenvalue weighted by molar-refractivity contribution is 5.76. The zero-order valence-electron chi connectivity index (χ0n) is 12.6. The third kappa shape index (κ3) is 4.67. The van der Waals surface area contributed by atoms with E-state index in [4.69, 9.17) is 4.42 Å². The first-order valence-corrected chi connectivity index (χ1v) is 7.28. The number of anilines is 1. The van der Waals surface area contributed by atoms with Gasteiger partial charge in [-0.15, -0.1) is 0 Å². The van der Waals surface area contributed by atoms with E-state index in [-0.39, 0.29) is 5.91 Å². The average Bonchev–Trinajstić information content (AvgIpc) is 2.99. The Hall–Kier alpha value is -2.23. The number of hydrogen-bond donors (Lipinski definition) is 2. The Kier molecular flexibility index (Phi) is 5.43. The molecule has 0 aliphatic rings. The summed E-state index contributed by atoms with van der Waals surface area (Å²) >= 11 is 0. The van der Waals surface area contributed by atoms with Gasteiger partial charge in [0, 0.05) is 18.7 Å². The number of carbonyl (C=O) groups excluding carboxylic acids is 1. The Morgan fingerprint density at radius 2 is 2.00 bits per heavy atom. The fourth-order valence-electron chi connectivity index (χ4n) is 2.16. The van der Waals surface area contributed by atoms with E-state index in [0.29, 0.717) is 25.4 Å². The van der Waals surface area contributed by atoms with E-state index < -0.39 is 0 Å². The van der Waals surface area contributed by atoms with Gasteiger partial charge in [0.05, 0.1) is 12.8 Å². The zero-order valence-corrected chi connectivity index (χ0v) is 12.6. The van der Waals surface area contributed by atoms with Gasteiger partial charge in [-0.3, -0.25) is 4.79 Å². The topological polar surface area (TPSA) is 54.3 Å². The third-order valence-electron chi connectivity index (χ3n) is 3.29. The predicted molar refractivity (Wildman–Crippen MR) is 84.2 cm³/mol. The fraction of sp³-hybridized carbons (Fsp3) is 0.353. The summed E-state index contributed by atoms with van der Waals surface area (Å²) in [6.45, 7) is 5.38. The maximum absolute atomic E-state index is 11.8. The second-order valence-corrected chi connectivity index (χ2v) is 5.27. The largest absolute Gasteiger partial charge is 0.467 e. The maximum atomic E-state index is 11.8. The number of hydrogen-bond acceptors (Lipinski definition) is 3. The molecule has 2 N–H and O–H groups in total. The van der Waals surface area contributed by atoms with Gasteiger partial charge in [0.25, 0.3) is 0 Å². The normalized spacial score (nSPS) is 10.6. The van der Waals surface area contributed by atoms with Crippen molar-refractivity contribution in [2.24, 2.45) is 0 Å². The van der Waals surface area contributed by atoms with Gasteiger partial charge in [0.2, 0.25) is 5.91 Å². The molecule has 0 radical (unpaired) electrons. The van der Waals surface area contributed by atoms with Gasteiger partial charge in [-0.05, 0) is 29.7 Å². The van der Waals surface area contributed by atoms with Crippen LogP contribution in [-0.2, 0) is 11.3 Å². The Morgan fingerprint density at radius 1 is 1.19 bits per heavy atom. The first kappa shape index (κ1) is 15.2. The number of furan rings is 1.